The molecule has 7 nitrogen and oxygen atoms in total. The van der Waals surface area contributed by atoms with Crippen molar-refractivity contribution >= 4 is 17.6 Å². The van der Waals surface area contributed by atoms with E-state index < -0.39 is 0 Å². The largest absolute Gasteiger partial charge is 0.496 e. The minimum atomic E-state index is -0.271. The zero-order valence-electron chi connectivity index (χ0n) is 19.3. The van der Waals surface area contributed by atoms with E-state index in [4.69, 9.17) is 9.47 Å². The van der Waals surface area contributed by atoms with Crippen LogP contribution >= 0.6 is 11.9 Å². The van der Waals surface area contributed by atoms with Crippen molar-refractivity contribution in [2.75, 3.05) is 38.2 Å². The van der Waals surface area contributed by atoms with Gasteiger partial charge in [0.1, 0.15) is 18.0 Å². The maximum Gasteiger partial charge on any atom is 0.316 e. The summed E-state index contributed by atoms with van der Waals surface area (Å²) in [6, 6.07) is 17.1. The van der Waals surface area contributed by atoms with E-state index in [1.165, 1.54) is 4.68 Å². The topological polar surface area (TPSA) is 59.8 Å². The molecule has 0 bridgehead atoms. The highest BCUT2D eigenvalue weighted by molar-refractivity contribution is 7.97. The summed E-state index contributed by atoms with van der Waals surface area (Å²) < 4.78 is 15.4. The minimum absolute atomic E-state index is 0.230. The van der Waals surface area contributed by atoms with E-state index in [1.807, 2.05) is 66.5 Å². The quantitative estimate of drug-likeness (QED) is 0.465. The Bertz CT molecular complexity index is 1110. The van der Waals surface area contributed by atoms with E-state index in [0.29, 0.717) is 16.7 Å². The molecule has 1 aliphatic rings. The molecular formula is C25H30N4O3S. The highest BCUT2D eigenvalue weighted by Gasteiger charge is 2.24. The van der Waals surface area contributed by atoms with Crippen LogP contribution in [0.15, 0.2) is 65.6 Å². The van der Waals surface area contributed by atoms with Gasteiger partial charge in [-0.25, -0.2) is 4.31 Å². The first-order valence-corrected chi connectivity index (χ1v) is 12.0. The van der Waals surface area contributed by atoms with Crippen molar-refractivity contribution < 1.29 is 9.47 Å². The number of para-hydroxylation sites is 2. The van der Waals surface area contributed by atoms with Crippen molar-refractivity contribution in [2.45, 2.75) is 25.7 Å². The Morgan fingerprint density at radius 1 is 1.00 bits per heavy atom. The molecule has 2 aromatic carbocycles. The number of hydrogen-bond acceptors (Lipinski definition) is 7. The second-order valence-electron chi connectivity index (χ2n) is 8.08. The number of hydrogen-bond donors (Lipinski definition) is 0. The Hall–Kier alpha value is -2.97. The van der Waals surface area contributed by atoms with Gasteiger partial charge in [-0.05, 0) is 18.2 Å². The van der Waals surface area contributed by atoms with Gasteiger partial charge < -0.3 is 14.4 Å². The molecule has 1 fully saturated rings. The van der Waals surface area contributed by atoms with Gasteiger partial charge in [-0.15, -0.1) is 0 Å². The predicted octanol–water partition coefficient (Wildman–Crippen LogP) is 4.00. The van der Waals surface area contributed by atoms with Gasteiger partial charge in [0.05, 0.1) is 19.0 Å². The molecule has 0 N–H and O–H groups in total. The fraction of sp³-hybridized carbons (Fsp3) is 0.360. The molecule has 174 valence electrons. The van der Waals surface area contributed by atoms with Gasteiger partial charge in [0.15, 0.2) is 0 Å². The van der Waals surface area contributed by atoms with Gasteiger partial charge in [0.2, 0.25) is 5.75 Å². The SMILES string of the molecule is COc1ccccc1COc1c(N2CCN(SC(C)C)CC2)cnn(-c2ccccc2)c1=O. The third-order valence-corrected chi connectivity index (χ3v) is 6.50. The van der Waals surface area contributed by atoms with E-state index in [0.717, 1.165) is 43.2 Å². The zero-order valence-corrected chi connectivity index (χ0v) is 20.1. The fourth-order valence-electron chi connectivity index (χ4n) is 3.85. The number of benzene rings is 2. The highest BCUT2D eigenvalue weighted by atomic mass is 32.2. The van der Waals surface area contributed by atoms with E-state index in [9.17, 15) is 4.79 Å². The second-order valence-corrected chi connectivity index (χ2v) is 9.75. The normalized spacial score (nSPS) is 14.5. The molecule has 0 amide bonds. The van der Waals surface area contributed by atoms with Crippen LogP contribution in [0.5, 0.6) is 11.5 Å². The molecule has 4 rings (SSSR count). The monoisotopic (exact) mass is 466 g/mol. The van der Waals surface area contributed by atoms with Crippen molar-refractivity contribution in [1.82, 2.24) is 14.1 Å². The lowest BCUT2D eigenvalue weighted by molar-refractivity contribution is 0.289. The van der Waals surface area contributed by atoms with Gasteiger partial charge >= 0.3 is 5.56 Å². The van der Waals surface area contributed by atoms with Crippen LogP contribution in [-0.2, 0) is 6.61 Å². The van der Waals surface area contributed by atoms with Crippen molar-refractivity contribution in [3.05, 3.63) is 76.7 Å². The third kappa shape index (κ3) is 5.51. The molecule has 0 atom stereocenters. The van der Waals surface area contributed by atoms with E-state index >= 15 is 0 Å². The fourth-order valence-corrected chi connectivity index (χ4v) is 4.82. The molecule has 1 aliphatic heterocycles. The summed E-state index contributed by atoms with van der Waals surface area (Å²) in [6.07, 6.45) is 1.75. The van der Waals surface area contributed by atoms with Gasteiger partial charge in [-0.1, -0.05) is 62.2 Å². The molecule has 0 aliphatic carbocycles. The van der Waals surface area contributed by atoms with E-state index in [2.05, 4.69) is 28.2 Å². The maximum absolute atomic E-state index is 13.5. The lowest BCUT2D eigenvalue weighted by Crippen LogP contribution is -2.44. The van der Waals surface area contributed by atoms with Crippen LogP contribution in [0.1, 0.15) is 19.4 Å². The molecule has 3 aromatic rings. The first-order valence-electron chi connectivity index (χ1n) is 11.2. The van der Waals surface area contributed by atoms with Crippen molar-refractivity contribution in [3.8, 4) is 17.2 Å². The summed E-state index contributed by atoms with van der Waals surface area (Å²) in [5.41, 5.74) is 2.05. The van der Waals surface area contributed by atoms with Crippen LogP contribution in [0.3, 0.4) is 0 Å². The molecule has 0 radical (unpaired) electrons. The molecule has 0 saturated carbocycles. The number of ether oxygens (including phenoxy) is 2. The summed E-state index contributed by atoms with van der Waals surface area (Å²) in [4.78, 5) is 15.7. The third-order valence-electron chi connectivity index (χ3n) is 5.42. The van der Waals surface area contributed by atoms with Gasteiger partial charge in [0.25, 0.3) is 0 Å². The van der Waals surface area contributed by atoms with E-state index in [1.54, 1.807) is 13.3 Å². The van der Waals surface area contributed by atoms with Crippen LogP contribution in [0.2, 0.25) is 0 Å². The molecule has 1 saturated heterocycles. The van der Waals surface area contributed by atoms with Gasteiger partial charge in [0, 0.05) is 37.0 Å². The summed E-state index contributed by atoms with van der Waals surface area (Å²) in [5.74, 6) is 1.04. The average Bonchev–Trinajstić information content (AvgIpc) is 2.84. The number of piperazine rings is 1. The number of anilines is 1. The Kier molecular flexibility index (Phi) is 7.57. The predicted molar refractivity (Wildman–Crippen MR) is 134 cm³/mol. The average molecular weight is 467 g/mol. The van der Waals surface area contributed by atoms with Crippen molar-refractivity contribution in [2.24, 2.45) is 0 Å². The lowest BCUT2D eigenvalue weighted by atomic mass is 10.2. The van der Waals surface area contributed by atoms with E-state index in [-0.39, 0.29) is 12.2 Å². The summed E-state index contributed by atoms with van der Waals surface area (Å²) >= 11 is 1.87. The standard InChI is InChI=1S/C25H30N4O3S/c1-19(2)33-28-15-13-27(14-16-28)22-17-26-29(21-10-5-4-6-11-21)25(30)24(22)32-18-20-9-7-8-12-23(20)31-3/h4-12,17,19H,13-16,18H2,1-3H3. The first kappa shape index (κ1) is 23.2. The number of nitrogens with zero attached hydrogens (tertiary/aromatic N) is 4. The summed E-state index contributed by atoms with van der Waals surface area (Å²) in [5, 5.41) is 5.03. The smallest absolute Gasteiger partial charge is 0.316 e. The van der Waals surface area contributed by atoms with Crippen LogP contribution in [-0.4, -0.2) is 52.6 Å². The van der Waals surface area contributed by atoms with Gasteiger partial charge in [-0.2, -0.15) is 9.78 Å². The minimum Gasteiger partial charge on any atom is -0.496 e. The summed E-state index contributed by atoms with van der Waals surface area (Å²) in [6.45, 7) is 8.08. The molecule has 1 aromatic heterocycles. The lowest BCUT2D eigenvalue weighted by Gasteiger charge is -2.36. The number of aromatic nitrogens is 2. The Balaban J connectivity index is 1.64. The summed E-state index contributed by atoms with van der Waals surface area (Å²) in [7, 11) is 1.63. The Morgan fingerprint density at radius 3 is 2.39 bits per heavy atom. The van der Waals surface area contributed by atoms with Crippen LogP contribution < -0.4 is 19.9 Å². The highest BCUT2D eigenvalue weighted by Crippen LogP contribution is 2.29. The molecule has 0 spiro atoms. The van der Waals surface area contributed by atoms with Crippen molar-refractivity contribution in [3.63, 3.8) is 0 Å². The van der Waals surface area contributed by atoms with Crippen LogP contribution in [0.25, 0.3) is 5.69 Å². The Labute approximate surface area is 199 Å². The van der Waals surface area contributed by atoms with Gasteiger partial charge in [-0.3, -0.25) is 4.79 Å². The van der Waals surface area contributed by atoms with Crippen LogP contribution in [0.4, 0.5) is 5.69 Å². The zero-order chi connectivity index (χ0) is 23.2. The molecule has 0 unspecified atom stereocenters. The van der Waals surface area contributed by atoms with Crippen LogP contribution in [0, 0.1) is 0 Å². The molecule has 2 heterocycles. The maximum atomic E-state index is 13.5. The molecular weight excluding hydrogens is 436 g/mol. The first-order chi connectivity index (χ1) is 16.1. The number of rotatable bonds is 8. The second kappa shape index (κ2) is 10.8. The number of methoxy groups -OCH3 is 1. The molecule has 8 heteroatoms. The molecule has 33 heavy (non-hydrogen) atoms. The Morgan fingerprint density at radius 2 is 1.70 bits per heavy atom. The van der Waals surface area contributed by atoms with Crippen molar-refractivity contribution in [1.29, 1.82) is 0 Å².